The van der Waals surface area contributed by atoms with Gasteiger partial charge in [-0.3, -0.25) is 0 Å². The third kappa shape index (κ3) is 4.57. The van der Waals surface area contributed by atoms with Crippen LogP contribution in [-0.4, -0.2) is 43.7 Å². The van der Waals surface area contributed by atoms with Gasteiger partial charge >= 0.3 is 0 Å². The van der Waals surface area contributed by atoms with Gasteiger partial charge in [-0.1, -0.05) is 13.3 Å². The Labute approximate surface area is 106 Å². The van der Waals surface area contributed by atoms with Crippen molar-refractivity contribution in [2.75, 3.05) is 32.7 Å². The van der Waals surface area contributed by atoms with E-state index in [9.17, 15) is 0 Å². The molecular formula is C14H29N3. The Kier molecular flexibility index (Phi) is 5.26. The lowest BCUT2D eigenvalue weighted by molar-refractivity contribution is 0.138. The molecule has 3 heteroatoms. The normalized spacial score (nSPS) is 30.7. The van der Waals surface area contributed by atoms with E-state index in [4.69, 9.17) is 5.73 Å². The van der Waals surface area contributed by atoms with Crippen molar-refractivity contribution in [3.8, 4) is 0 Å². The number of rotatable bonds is 7. The van der Waals surface area contributed by atoms with Crippen molar-refractivity contribution >= 4 is 0 Å². The standard InChI is InChI=1S/C14H29N3/c1-2-3-13-8-14(16-9-12-4-5-12)11-17(10-13)7-6-15/h12-14,16H,2-11,15H2,1H3. The van der Waals surface area contributed by atoms with E-state index in [0.717, 1.165) is 24.9 Å². The summed E-state index contributed by atoms with van der Waals surface area (Å²) >= 11 is 0. The van der Waals surface area contributed by atoms with Crippen molar-refractivity contribution in [3.63, 3.8) is 0 Å². The van der Waals surface area contributed by atoms with E-state index in [1.807, 2.05) is 0 Å². The van der Waals surface area contributed by atoms with Crippen molar-refractivity contribution in [1.82, 2.24) is 10.2 Å². The molecule has 0 aromatic carbocycles. The zero-order valence-corrected chi connectivity index (χ0v) is 11.3. The van der Waals surface area contributed by atoms with Crippen LogP contribution < -0.4 is 11.1 Å². The third-order valence-electron chi connectivity index (χ3n) is 4.15. The SMILES string of the molecule is CCCC1CC(NCC2CC2)CN(CCN)C1. The second kappa shape index (κ2) is 6.72. The van der Waals surface area contributed by atoms with E-state index in [2.05, 4.69) is 17.1 Å². The Hall–Kier alpha value is -0.120. The number of nitrogens with two attached hydrogens (primary N) is 1. The first-order chi connectivity index (χ1) is 8.31. The highest BCUT2D eigenvalue weighted by Gasteiger charge is 2.28. The van der Waals surface area contributed by atoms with Gasteiger partial charge in [0.2, 0.25) is 0 Å². The summed E-state index contributed by atoms with van der Waals surface area (Å²) in [5.74, 6) is 1.88. The fraction of sp³-hybridized carbons (Fsp3) is 1.00. The fourth-order valence-electron chi connectivity index (χ4n) is 3.09. The van der Waals surface area contributed by atoms with Gasteiger partial charge in [-0.25, -0.2) is 0 Å². The molecule has 0 aromatic heterocycles. The van der Waals surface area contributed by atoms with E-state index < -0.39 is 0 Å². The molecule has 1 aliphatic heterocycles. The minimum atomic E-state index is 0.715. The van der Waals surface area contributed by atoms with Crippen LogP contribution in [0.3, 0.4) is 0 Å². The summed E-state index contributed by atoms with van der Waals surface area (Å²) in [7, 11) is 0. The van der Waals surface area contributed by atoms with Crippen LogP contribution in [0.15, 0.2) is 0 Å². The molecule has 0 radical (unpaired) electrons. The molecule has 1 saturated carbocycles. The lowest BCUT2D eigenvalue weighted by atomic mass is 9.90. The summed E-state index contributed by atoms with van der Waals surface area (Å²) in [6.07, 6.45) is 6.97. The van der Waals surface area contributed by atoms with Crippen LogP contribution in [0.5, 0.6) is 0 Å². The van der Waals surface area contributed by atoms with Gasteiger partial charge in [0.05, 0.1) is 0 Å². The molecule has 2 rings (SSSR count). The molecule has 1 heterocycles. The van der Waals surface area contributed by atoms with Gasteiger partial charge in [-0.2, -0.15) is 0 Å². The van der Waals surface area contributed by atoms with Crippen LogP contribution in [0.4, 0.5) is 0 Å². The maximum atomic E-state index is 5.69. The largest absolute Gasteiger partial charge is 0.329 e. The first-order valence-corrected chi connectivity index (χ1v) is 7.47. The third-order valence-corrected chi connectivity index (χ3v) is 4.15. The van der Waals surface area contributed by atoms with Gasteiger partial charge < -0.3 is 16.0 Å². The smallest absolute Gasteiger partial charge is 0.0198 e. The van der Waals surface area contributed by atoms with Crippen molar-refractivity contribution in [2.24, 2.45) is 17.6 Å². The van der Waals surface area contributed by atoms with E-state index in [-0.39, 0.29) is 0 Å². The quantitative estimate of drug-likeness (QED) is 0.706. The minimum absolute atomic E-state index is 0.715. The molecule has 0 bridgehead atoms. The summed E-state index contributed by atoms with van der Waals surface area (Å²) in [5.41, 5.74) is 5.69. The second-order valence-corrected chi connectivity index (χ2v) is 5.99. The van der Waals surface area contributed by atoms with Gasteiger partial charge in [0.25, 0.3) is 0 Å². The highest BCUT2D eigenvalue weighted by Crippen LogP contribution is 2.28. The lowest BCUT2D eigenvalue weighted by Crippen LogP contribution is -2.50. The molecule has 2 fully saturated rings. The Balaban J connectivity index is 1.76. The van der Waals surface area contributed by atoms with Crippen LogP contribution in [-0.2, 0) is 0 Å². The molecule has 3 nitrogen and oxygen atoms in total. The summed E-state index contributed by atoms with van der Waals surface area (Å²) in [6.45, 7) is 7.90. The molecule has 2 unspecified atom stereocenters. The zero-order chi connectivity index (χ0) is 12.1. The van der Waals surface area contributed by atoms with E-state index >= 15 is 0 Å². The summed E-state index contributed by atoms with van der Waals surface area (Å²) in [4.78, 5) is 2.56. The Morgan fingerprint density at radius 1 is 1.24 bits per heavy atom. The van der Waals surface area contributed by atoms with Crippen molar-refractivity contribution in [3.05, 3.63) is 0 Å². The molecule has 0 spiro atoms. The maximum Gasteiger partial charge on any atom is 0.0198 e. The monoisotopic (exact) mass is 239 g/mol. The first kappa shape index (κ1) is 13.3. The number of hydrogen-bond donors (Lipinski definition) is 2. The average molecular weight is 239 g/mol. The molecular weight excluding hydrogens is 210 g/mol. The number of nitrogens with zero attached hydrogens (tertiary/aromatic N) is 1. The van der Waals surface area contributed by atoms with Gasteiger partial charge in [0.15, 0.2) is 0 Å². The predicted molar refractivity (Wildman–Crippen MR) is 73.0 cm³/mol. The average Bonchev–Trinajstić information content (AvgIpc) is 3.11. The Bertz CT molecular complexity index is 202. The van der Waals surface area contributed by atoms with E-state index in [0.29, 0.717) is 6.04 Å². The van der Waals surface area contributed by atoms with Crippen molar-refractivity contribution < 1.29 is 0 Å². The Morgan fingerprint density at radius 2 is 2.06 bits per heavy atom. The lowest BCUT2D eigenvalue weighted by Gasteiger charge is -2.38. The maximum absolute atomic E-state index is 5.69. The van der Waals surface area contributed by atoms with Gasteiger partial charge in [0.1, 0.15) is 0 Å². The van der Waals surface area contributed by atoms with Crippen LogP contribution in [0, 0.1) is 11.8 Å². The molecule has 3 N–H and O–H groups in total. The van der Waals surface area contributed by atoms with Crippen LogP contribution in [0.2, 0.25) is 0 Å². The Morgan fingerprint density at radius 3 is 2.71 bits per heavy atom. The zero-order valence-electron chi connectivity index (χ0n) is 11.3. The number of nitrogens with one attached hydrogen (secondary N) is 1. The molecule has 1 saturated heterocycles. The second-order valence-electron chi connectivity index (χ2n) is 5.99. The van der Waals surface area contributed by atoms with E-state index in [1.54, 1.807) is 0 Å². The number of piperidine rings is 1. The number of hydrogen-bond acceptors (Lipinski definition) is 3. The summed E-state index contributed by atoms with van der Waals surface area (Å²) in [6, 6.07) is 0.715. The van der Waals surface area contributed by atoms with Gasteiger partial charge in [-0.05, 0) is 44.1 Å². The fourth-order valence-corrected chi connectivity index (χ4v) is 3.09. The minimum Gasteiger partial charge on any atom is -0.329 e. The van der Waals surface area contributed by atoms with E-state index in [1.165, 1.54) is 51.7 Å². The molecule has 0 aromatic rings. The molecule has 1 aliphatic carbocycles. The molecule has 2 atom stereocenters. The molecule has 100 valence electrons. The molecule has 17 heavy (non-hydrogen) atoms. The van der Waals surface area contributed by atoms with Crippen molar-refractivity contribution in [1.29, 1.82) is 0 Å². The van der Waals surface area contributed by atoms with Crippen molar-refractivity contribution in [2.45, 2.75) is 45.1 Å². The van der Waals surface area contributed by atoms with Gasteiger partial charge in [-0.15, -0.1) is 0 Å². The number of likely N-dealkylation sites (tertiary alicyclic amines) is 1. The molecule has 0 amide bonds. The van der Waals surface area contributed by atoms with Crippen LogP contribution >= 0.6 is 0 Å². The van der Waals surface area contributed by atoms with Crippen LogP contribution in [0.25, 0.3) is 0 Å². The molecule has 2 aliphatic rings. The van der Waals surface area contributed by atoms with Gasteiger partial charge in [0, 0.05) is 32.2 Å². The highest BCUT2D eigenvalue weighted by atomic mass is 15.2. The first-order valence-electron chi connectivity index (χ1n) is 7.47. The summed E-state index contributed by atoms with van der Waals surface area (Å²) in [5, 5.41) is 3.78. The highest BCUT2D eigenvalue weighted by molar-refractivity contribution is 4.85. The topological polar surface area (TPSA) is 41.3 Å². The predicted octanol–water partition coefficient (Wildman–Crippen LogP) is 1.44. The summed E-state index contributed by atoms with van der Waals surface area (Å²) < 4.78 is 0. The van der Waals surface area contributed by atoms with Crippen LogP contribution in [0.1, 0.15) is 39.0 Å².